The maximum atomic E-state index is 12.7. The van der Waals surface area contributed by atoms with Gasteiger partial charge in [-0.25, -0.2) is 0 Å². The number of nitrogens with one attached hydrogen (secondary N) is 1. The Hall–Kier alpha value is -3.44. The van der Waals surface area contributed by atoms with Gasteiger partial charge in [0.1, 0.15) is 16.8 Å². The number of anilines is 1. The number of hydrogen-bond donors (Lipinski definition) is 1. The Morgan fingerprint density at radius 2 is 2.23 bits per heavy atom. The fourth-order valence-corrected chi connectivity index (χ4v) is 4.72. The van der Waals surface area contributed by atoms with Crippen molar-refractivity contribution >= 4 is 28.2 Å². The predicted octanol–water partition coefficient (Wildman–Crippen LogP) is 3.31. The molecule has 0 atom stereocenters. The van der Waals surface area contributed by atoms with E-state index in [0.29, 0.717) is 42.9 Å². The summed E-state index contributed by atoms with van der Waals surface area (Å²) < 4.78 is 5.25. The summed E-state index contributed by atoms with van der Waals surface area (Å²) in [6.45, 7) is 1.01. The Bertz CT molecular complexity index is 1080. The van der Waals surface area contributed by atoms with Crippen LogP contribution in [-0.4, -0.2) is 28.2 Å². The first-order valence-electron chi connectivity index (χ1n) is 9.67. The van der Waals surface area contributed by atoms with E-state index < -0.39 is 0 Å². The molecular weight excluding hydrogens is 400 g/mol. The first-order chi connectivity index (χ1) is 14.6. The molecule has 1 aliphatic rings. The number of thiophene rings is 1. The van der Waals surface area contributed by atoms with E-state index in [1.165, 1.54) is 11.3 Å². The average molecular weight is 420 g/mol. The number of aryl methyl sites for hydroxylation is 1. The monoisotopic (exact) mass is 420 g/mol. The smallest absolute Gasteiger partial charge is 0.227 e. The van der Waals surface area contributed by atoms with Crippen molar-refractivity contribution in [2.45, 2.75) is 32.2 Å². The number of aromatic nitrogens is 1. The Balaban J connectivity index is 1.42. The predicted molar refractivity (Wildman–Crippen MR) is 112 cm³/mol. The minimum Gasteiger partial charge on any atom is -0.469 e. The van der Waals surface area contributed by atoms with Crippen LogP contribution in [0.15, 0.2) is 47.3 Å². The molecule has 30 heavy (non-hydrogen) atoms. The van der Waals surface area contributed by atoms with Gasteiger partial charge >= 0.3 is 0 Å². The Morgan fingerprint density at radius 3 is 2.97 bits per heavy atom. The lowest BCUT2D eigenvalue weighted by Crippen LogP contribution is -2.36. The summed E-state index contributed by atoms with van der Waals surface area (Å²) in [5.74, 6) is 0.620. The largest absolute Gasteiger partial charge is 0.469 e. The van der Waals surface area contributed by atoms with Crippen LogP contribution >= 0.6 is 11.3 Å². The van der Waals surface area contributed by atoms with Gasteiger partial charge in [-0.15, -0.1) is 11.3 Å². The summed E-state index contributed by atoms with van der Waals surface area (Å²) in [7, 11) is 0. The Morgan fingerprint density at radius 1 is 1.33 bits per heavy atom. The van der Waals surface area contributed by atoms with Crippen molar-refractivity contribution in [1.29, 1.82) is 5.26 Å². The third kappa shape index (κ3) is 4.42. The fraction of sp³-hybridized carbons (Fsp3) is 0.273. The van der Waals surface area contributed by atoms with E-state index in [1.54, 1.807) is 29.6 Å². The van der Waals surface area contributed by atoms with Crippen LogP contribution in [0.5, 0.6) is 0 Å². The quantitative estimate of drug-likeness (QED) is 0.660. The van der Waals surface area contributed by atoms with Crippen LogP contribution in [0.2, 0.25) is 0 Å². The van der Waals surface area contributed by atoms with Crippen molar-refractivity contribution in [2.75, 3.05) is 11.9 Å². The first-order valence-corrected chi connectivity index (χ1v) is 10.5. The number of rotatable bonds is 6. The van der Waals surface area contributed by atoms with Gasteiger partial charge in [0.25, 0.3) is 0 Å². The number of amides is 2. The minimum absolute atomic E-state index is 0.0320. The van der Waals surface area contributed by atoms with Gasteiger partial charge in [-0.1, -0.05) is 6.07 Å². The van der Waals surface area contributed by atoms with Gasteiger partial charge in [-0.05, 0) is 35.7 Å². The van der Waals surface area contributed by atoms with Crippen LogP contribution in [0.25, 0.3) is 0 Å². The second-order valence-corrected chi connectivity index (χ2v) is 8.16. The van der Waals surface area contributed by atoms with Gasteiger partial charge in [0, 0.05) is 36.7 Å². The average Bonchev–Trinajstić information content (AvgIpc) is 3.39. The van der Waals surface area contributed by atoms with Crippen molar-refractivity contribution < 1.29 is 14.0 Å². The molecule has 3 aromatic rings. The summed E-state index contributed by atoms with van der Waals surface area (Å²) >= 11 is 1.38. The molecule has 0 aromatic carbocycles. The summed E-state index contributed by atoms with van der Waals surface area (Å²) in [6.07, 6.45) is 6.64. The number of hydrogen-bond acceptors (Lipinski definition) is 6. The number of carbonyl (C=O) groups excluding carboxylic acids is 2. The number of furan rings is 1. The van der Waals surface area contributed by atoms with Crippen LogP contribution in [0.1, 0.15) is 33.7 Å². The lowest BCUT2D eigenvalue weighted by molar-refractivity contribution is -0.131. The van der Waals surface area contributed by atoms with Gasteiger partial charge in [0.2, 0.25) is 11.8 Å². The zero-order valence-corrected chi connectivity index (χ0v) is 17.1. The van der Waals surface area contributed by atoms with Crippen molar-refractivity contribution in [2.24, 2.45) is 0 Å². The number of fused-ring (bicyclic) bond motifs is 1. The van der Waals surface area contributed by atoms with Crippen LogP contribution in [0.3, 0.4) is 0 Å². The lowest BCUT2D eigenvalue weighted by atomic mass is 10.0. The van der Waals surface area contributed by atoms with Crippen LogP contribution < -0.4 is 5.32 Å². The van der Waals surface area contributed by atoms with Crippen molar-refractivity contribution in [1.82, 2.24) is 9.88 Å². The molecule has 0 spiro atoms. The second-order valence-electron chi connectivity index (χ2n) is 7.05. The SMILES string of the molecule is N#Cc1c(NC(=O)CCc2ccco2)sc2c1CCN(C(=O)Cc1cccnc1)C2. The molecular formula is C22H20N4O3S. The molecule has 8 heteroatoms. The highest BCUT2D eigenvalue weighted by Crippen LogP contribution is 2.36. The first kappa shape index (κ1) is 19.9. The Kier molecular flexibility index (Phi) is 5.91. The van der Waals surface area contributed by atoms with Gasteiger partial charge in [-0.2, -0.15) is 5.26 Å². The molecule has 2 amide bonds. The minimum atomic E-state index is -0.161. The maximum absolute atomic E-state index is 12.7. The van der Waals surface area contributed by atoms with Gasteiger partial charge in [0.15, 0.2) is 0 Å². The second kappa shape index (κ2) is 8.93. The summed E-state index contributed by atoms with van der Waals surface area (Å²) in [6, 6.07) is 9.54. The molecule has 1 aliphatic heterocycles. The highest BCUT2D eigenvalue weighted by Gasteiger charge is 2.27. The van der Waals surface area contributed by atoms with E-state index in [1.807, 2.05) is 18.2 Å². The molecule has 0 saturated heterocycles. The van der Waals surface area contributed by atoms with Crippen molar-refractivity contribution in [3.8, 4) is 6.07 Å². The van der Waals surface area contributed by atoms with Crippen molar-refractivity contribution in [3.63, 3.8) is 0 Å². The molecule has 152 valence electrons. The maximum Gasteiger partial charge on any atom is 0.227 e. The standard InChI is InChI=1S/C22H20N4O3S/c23-12-18-17-7-9-26(21(28)11-15-3-1-8-24-13-15)14-19(17)30-22(18)25-20(27)6-5-16-4-2-10-29-16/h1-4,8,10,13H,5-7,9,11,14H2,(H,25,27). The molecule has 0 aliphatic carbocycles. The third-order valence-corrected chi connectivity index (χ3v) is 6.16. The van der Waals surface area contributed by atoms with E-state index in [0.717, 1.165) is 21.8 Å². The molecule has 1 N–H and O–H groups in total. The third-order valence-electron chi connectivity index (χ3n) is 5.03. The van der Waals surface area contributed by atoms with E-state index in [2.05, 4.69) is 16.4 Å². The van der Waals surface area contributed by atoms with Crippen molar-refractivity contribution in [3.05, 3.63) is 70.3 Å². The number of pyridine rings is 1. The van der Waals surface area contributed by atoms with Crippen LogP contribution in [0.4, 0.5) is 5.00 Å². The van der Waals surface area contributed by atoms with Gasteiger partial charge in [0.05, 0.1) is 24.8 Å². The molecule has 0 unspecified atom stereocenters. The van der Waals surface area contributed by atoms with Gasteiger partial charge < -0.3 is 14.6 Å². The summed E-state index contributed by atoms with van der Waals surface area (Å²) in [4.78, 5) is 31.8. The molecule has 0 bridgehead atoms. The summed E-state index contributed by atoms with van der Waals surface area (Å²) in [5, 5.41) is 13.1. The molecule has 4 heterocycles. The topological polar surface area (TPSA) is 99.2 Å². The fourth-order valence-electron chi connectivity index (χ4n) is 3.49. The summed E-state index contributed by atoms with van der Waals surface area (Å²) in [5.41, 5.74) is 2.33. The molecule has 3 aromatic heterocycles. The molecule has 0 saturated carbocycles. The Labute approximate surface area is 178 Å². The van der Waals surface area contributed by atoms with Gasteiger partial charge in [-0.3, -0.25) is 14.6 Å². The van der Waals surface area contributed by atoms with Crippen LogP contribution in [0, 0.1) is 11.3 Å². The molecule has 7 nitrogen and oxygen atoms in total. The lowest BCUT2D eigenvalue weighted by Gasteiger charge is -2.27. The normalized spacial score (nSPS) is 12.8. The van der Waals surface area contributed by atoms with E-state index in [9.17, 15) is 14.9 Å². The van der Waals surface area contributed by atoms with E-state index in [4.69, 9.17) is 4.42 Å². The highest BCUT2D eigenvalue weighted by atomic mass is 32.1. The number of nitriles is 1. The molecule has 0 fully saturated rings. The van der Waals surface area contributed by atoms with E-state index >= 15 is 0 Å². The zero-order chi connectivity index (χ0) is 20.9. The molecule has 0 radical (unpaired) electrons. The van der Waals surface area contributed by atoms with Crippen LogP contribution in [-0.2, 0) is 35.4 Å². The zero-order valence-electron chi connectivity index (χ0n) is 16.3. The molecule has 4 rings (SSSR count). The number of carbonyl (C=O) groups is 2. The van der Waals surface area contributed by atoms with E-state index in [-0.39, 0.29) is 18.2 Å². The highest BCUT2D eigenvalue weighted by molar-refractivity contribution is 7.16. The number of nitrogens with zero attached hydrogens (tertiary/aromatic N) is 3.